The van der Waals surface area contributed by atoms with Crippen molar-refractivity contribution in [3.63, 3.8) is 0 Å². The topological polar surface area (TPSA) is 43.4 Å². The van der Waals surface area contributed by atoms with E-state index >= 15 is 0 Å². The summed E-state index contributed by atoms with van der Waals surface area (Å²) in [5.41, 5.74) is 0. The fourth-order valence-corrected chi connectivity index (χ4v) is 1.66. The molecular weight excluding hydrogens is 234 g/mol. The minimum Gasteiger partial charge on any atom is -0.204 e. The first-order valence-corrected chi connectivity index (χ1v) is 4.79. The quantitative estimate of drug-likeness (QED) is 0.513. The van der Waals surface area contributed by atoms with Gasteiger partial charge in [-0.2, -0.15) is 8.42 Å². The van der Waals surface area contributed by atoms with E-state index in [1.54, 1.807) is 0 Å². The van der Waals surface area contributed by atoms with Crippen LogP contribution in [0.1, 0.15) is 0 Å². The monoisotopic (exact) mass is 232 g/mol. The molecular formula is CCl4O3S. The molecule has 0 N–H and O–H groups in total. The van der Waals surface area contributed by atoms with Gasteiger partial charge in [-0.1, -0.05) is 34.8 Å². The molecule has 8 heteroatoms. The number of rotatable bonds is 1. The van der Waals surface area contributed by atoms with Crippen LogP contribution >= 0.6 is 45.5 Å². The summed E-state index contributed by atoms with van der Waals surface area (Å²) in [6.07, 6.45) is 0. The zero-order valence-corrected chi connectivity index (χ0v) is 7.49. The Morgan fingerprint density at radius 2 is 1.56 bits per heavy atom. The van der Waals surface area contributed by atoms with E-state index in [-0.39, 0.29) is 0 Å². The fraction of sp³-hybridized carbons (Fsp3) is 1.00. The van der Waals surface area contributed by atoms with Gasteiger partial charge in [-0.15, -0.1) is 0 Å². The molecule has 0 saturated carbocycles. The lowest BCUT2D eigenvalue weighted by Gasteiger charge is -2.06. The molecule has 9 heavy (non-hydrogen) atoms. The zero-order valence-electron chi connectivity index (χ0n) is 3.64. The summed E-state index contributed by atoms with van der Waals surface area (Å²) < 4.78 is 21.2. The highest BCUT2D eigenvalue weighted by Crippen LogP contribution is 2.30. The van der Waals surface area contributed by atoms with Crippen molar-refractivity contribution in [3.8, 4) is 0 Å². The van der Waals surface area contributed by atoms with E-state index in [4.69, 9.17) is 34.8 Å². The first kappa shape index (κ1) is 10.1. The van der Waals surface area contributed by atoms with Crippen LogP contribution in [-0.2, 0) is 13.5 Å². The van der Waals surface area contributed by atoms with Gasteiger partial charge in [0.05, 0.1) is 0 Å². The van der Waals surface area contributed by atoms with Gasteiger partial charge in [0.1, 0.15) is 0 Å². The summed E-state index contributed by atoms with van der Waals surface area (Å²) in [4.78, 5) is 0. The second kappa shape index (κ2) is 2.98. The Morgan fingerprint density at radius 1 is 1.22 bits per heavy atom. The molecule has 0 aliphatic heterocycles. The van der Waals surface area contributed by atoms with Crippen molar-refractivity contribution >= 4 is 54.8 Å². The molecule has 0 unspecified atom stereocenters. The summed E-state index contributed by atoms with van der Waals surface area (Å²) in [6.45, 7) is 0. The maximum absolute atomic E-state index is 9.94. The van der Waals surface area contributed by atoms with Crippen molar-refractivity contribution in [1.82, 2.24) is 0 Å². The van der Waals surface area contributed by atoms with E-state index in [9.17, 15) is 8.42 Å². The SMILES string of the molecule is O=S(=O)(Cl)OC(Cl)(Cl)Cl. The Bertz CT molecular complexity index is 176. The minimum atomic E-state index is -4.21. The largest absolute Gasteiger partial charge is 0.359 e. The average molecular weight is 234 g/mol. The molecule has 0 aliphatic carbocycles. The van der Waals surface area contributed by atoms with Crippen molar-refractivity contribution in [2.24, 2.45) is 0 Å². The van der Waals surface area contributed by atoms with Crippen LogP contribution < -0.4 is 0 Å². The molecule has 56 valence electrons. The molecule has 3 nitrogen and oxygen atoms in total. The van der Waals surface area contributed by atoms with Crippen LogP contribution in [0.3, 0.4) is 0 Å². The van der Waals surface area contributed by atoms with Crippen LogP contribution in [0.2, 0.25) is 0 Å². The molecule has 0 amide bonds. The summed E-state index contributed by atoms with van der Waals surface area (Å²) in [6, 6.07) is 0. The van der Waals surface area contributed by atoms with E-state index in [1.165, 1.54) is 0 Å². The molecule has 0 bridgehead atoms. The molecule has 0 saturated heterocycles. The molecule has 0 spiro atoms. The Kier molecular flexibility index (Phi) is 3.34. The predicted molar refractivity (Wildman–Crippen MR) is 36.1 cm³/mol. The van der Waals surface area contributed by atoms with Crippen molar-refractivity contribution in [2.75, 3.05) is 0 Å². The lowest BCUT2D eigenvalue weighted by molar-refractivity contribution is 0.331. The smallest absolute Gasteiger partial charge is 0.204 e. The molecule has 0 aromatic carbocycles. The lowest BCUT2D eigenvalue weighted by Crippen LogP contribution is -2.11. The molecule has 0 fully saturated rings. The van der Waals surface area contributed by atoms with Gasteiger partial charge < -0.3 is 0 Å². The van der Waals surface area contributed by atoms with Crippen LogP contribution in [0.25, 0.3) is 0 Å². The normalized spacial score (nSPS) is 13.8. The Morgan fingerprint density at radius 3 is 1.56 bits per heavy atom. The van der Waals surface area contributed by atoms with Crippen LogP contribution in [0, 0.1) is 0 Å². The maximum Gasteiger partial charge on any atom is 0.359 e. The van der Waals surface area contributed by atoms with Crippen LogP contribution in [-0.4, -0.2) is 12.4 Å². The van der Waals surface area contributed by atoms with Gasteiger partial charge in [-0.05, 0) is 0 Å². The third-order valence-corrected chi connectivity index (χ3v) is 1.34. The number of alkyl halides is 3. The van der Waals surface area contributed by atoms with E-state index in [0.717, 1.165) is 0 Å². The summed E-state index contributed by atoms with van der Waals surface area (Å²) in [5, 5.41) is 0. The van der Waals surface area contributed by atoms with Gasteiger partial charge in [-0.25, -0.2) is 4.18 Å². The second-order valence-electron chi connectivity index (χ2n) is 0.922. The van der Waals surface area contributed by atoms with E-state index in [1.807, 2.05) is 0 Å². The average Bonchev–Trinajstić information content (AvgIpc) is 1.14. The third kappa shape index (κ3) is 9.07. The molecule has 0 rings (SSSR count). The van der Waals surface area contributed by atoms with Crippen molar-refractivity contribution < 1.29 is 12.6 Å². The third-order valence-electron chi connectivity index (χ3n) is 0.194. The molecule has 0 radical (unpaired) electrons. The first-order chi connectivity index (χ1) is 3.71. The fourth-order valence-electron chi connectivity index (χ4n) is 0.113. The predicted octanol–water partition coefficient (Wildman–Crippen LogP) is 1.81. The Balaban J connectivity index is 4.07. The molecule has 0 atom stereocenters. The highest BCUT2D eigenvalue weighted by atomic mass is 35.7. The maximum atomic E-state index is 9.94. The Labute approximate surface area is 71.4 Å². The van der Waals surface area contributed by atoms with Gasteiger partial charge >= 0.3 is 13.3 Å². The number of hydrogen-bond donors (Lipinski definition) is 0. The van der Waals surface area contributed by atoms with Crippen LogP contribution in [0.5, 0.6) is 0 Å². The van der Waals surface area contributed by atoms with Crippen molar-refractivity contribution in [1.29, 1.82) is 0 Å². The summed E-state index contributed by atoms with van der Waals surface area (Å²) in [7, 11) is 0.309. The van der Waals surface area contributed by atoms with Gasteiger partial charge in [0.2, 0.25) is 0 Å². The van der Waals surface area contributed by atoms with Crippen LogP contribution in [0.15, 0.2) is 0 Å². The lowest BCUT2D eigenvalue weighted by atomic mass is 11.7. The minimum absolute atomic E-state index is 2.32. The Hall–Kier alpha value is 1.07. The zero-order chi connectivity index (χ0) is 7.71. The summed E-state index contributed by atoms with van der Waals surface area (Å²) in [5.74, 6) is 0. The number of hydrogen-bond acceptors (Lipinski definition) is 3. The molecule has 0 heterocycles. The van der Waals surface area contributed by atoms with Crippen molar-refractivity contribution in [3.05, 3.63) is 0 Å². The molecule has 0 aliphatic rings. The van der Waals surface area contributed by atoms with Crippen LogP contribution in [0.4, 0.5) is 0 Å². The first-order valence-electron chi connectivity index (χ1n) is 1.43. The molecule has 0 aromatic rings. The highest BCUT2D eigenvalue weighted by molar-refractivity contribution is 8.10. The standard InChI is InChI=1S/CCl4O3S/c2-1(3,4)8-9(5,6)7. The number of halogens is 4. The van der Waals surface area contributed by atoms with E-state index in [2.05, 4.69) is 14.9 Å². The van der Waals surface area contributed by atoms with Gasteiger partial charge in [0.15, 0.2) is 0 Å². The summed E-state index contributed by atoms with van der Waals surface area (Å²) >= 11 is 14.6. The van der Waals surface area contributed by atoms with E-state index in [0.29, 0.717) is 0 Å². The van der Waals surface area contributed by atoms with Crippen molar-refractivity contribution in [2.45, 2.75) is 3.98 Å². The van der Waals surface area contributed by atoms with Gasteiger partial charge in [-0.3, -0.25) is 0 Å². The highest BCUT2D eigenvalue weighted by Gasteiger charge is 2.27. The van der Waals surface area contributed by atoms with Gasteiger partial charge in [0, 0.05) is 10.7 Å². The second-order valence-corrected chi connectivity index (χ2v) is 5.19. The molecule has 0 aromatic heterocycles. The van der Waals surface area contributed by atoms with E-state index < -0.39 is 13.3 Å². The van der Waals surface area contributed by atoms with Gasteiger partial charge in [0.25, 0.3) is 0 Å².